The molecule has 1 saturated heterocycles. The van der Waals surface area contributed by atoms with E-state index in [4.69, 9.17) is 10.2 Å². The first-order valence-corrected chi connectivity index (χ1v) is 5.44. The summed E-state index contributed by atoms with van der Waals surface area (Å²) >= 11 is 0. The fourth-order valence-electron chi connectivity index (χ4n) is 1.11. The van der Waals surface area contributed by atoms with Gasteiger partial charge >= 0.3 is 0 Å². The van der Waals surface area contributed by atoms with Gasteiger partial charge in [0.2, 0.25) is 0 Å². The number of Topliss-reactive ketones (excluding diaryl/α,β-unsaturated/α-hetero) is 1. The Bertz CT molecular complexity index is 298. The number of aliphatic hydroxyl groups is 2. The van der Waals surface area contributed by atoms with E-state index in [0.29, 0.717) is 0 Å². The number of carbonyl (C=O) groups is 1. The molecule has 8 nitrogen and oxygen atoms in total. The van der Waals surface area contributed by atoms with Gasteiger partial charge in [-0.3, -0.25) is 4.79 Å². The molecule has 0 saturated carbocycles. The molecule has 0 unspecified atom stereocenters. The fraction of sp³-hybridized carbons (Fsp3) is 0.833. The zero-order valence-corrected chi connectivity index (χ0v) is 8.49. The highest BCUT2D eigenvalue weighted by Gasteiger charge is 2.42. The highest BCUT2D eigenvalue weighted by atomic mass is 31.2. The Kier molecular flexibility index (Phi) is 3.62. The zero-order chi connectivity index (χ0) is 11.8. The van der Waals surface area contributed by atoms with Gasteiger partial charge in [0.25, 0.3) is 0 Å². The number of hydrogen-bond donors (Lipinski definition) is 2. The summed E-state index contributed by atoms with van der Waals surface area (Å²) < 4.78 is 18.7. The van der Waals surface area contributed by atoms with Gasteiger partial charge in [0.05, 0.1) is 13.9 Å². The second-order valence-electron chi connectivity index (χ2n) is 3.05. The SMILES string of the molecule is C[C@H]1O[C@H](OP(=O)([O-])[O-])[C@H](O)C(=O)[C@@H]1O. The number of hydrogen-bond acceptors (Lipinski definition) is 8. The van der Waals surface area contributed by atoms with Gasteiger partial charge in [-0.1, -0.05) is 0 Å². The van der Waals surface area contributed by atoms with E-state index in [-0.39, 0.29) is 0 Å². The fourth-order valence-corrected chi connectivity index (χ4v) is 1.53. The molecule has 1 heterocycles. The van der Waals surface area contributed by atoms with E-state index >= 15 is 0 Å². The van der Waals surface area contributed by atoms with Crippen molar-refractivity contribution in [1.82, 2.24) is 0 Å². The monoisotopic (exact) mass is 240 g/mol. The molecule has 15 heavy (non-hydrogen) atoms. The van der Waals surface area contributed by atoms with Crippen LogP contribution in [0.1, 0.15) is 6.92 Å². The van der Waals surface area contributed by atoms with Crippen molar-refractivity contribution >= 4 is 13.6 Å². The Morgan fingerprint density at radius 1 is 1.40 bits per heavy atom. The second-order valence-corrected chi connectivity index (χ2v) is 4.16. The Hall–Kier alpha value is -0.340. The summed E-state index contributed by atoms with van der Waals surface area (Å²) in [7, 11) is -5.36. The maximum absolute atomic E-state index is 11.1. The summed E-state index contributed by atoms with van der Waals surface area (Å²) in [5.74, 6) is -1.05. The van der Waals surface area contributed by atoms with Crippen molar-refractivity contribution in [3.8, 4) is 0 Å². The Balaban J connectivity index is 2.75. The summed E-state index contributed by atoms with van der Waals surface area (Å²) in [6.45, 7) is 1.27. The molecule has 0 aromatic heterocycles. The molecule has 0 aromatic carbocycles. The van der Waals surface area contributed by atoms with E-state index in [1.54, 1.807) is 0 Å². The quantitative estimate of drug-likeness (QED) is 0.483. The highest BCUT2D eigenvalue weighted by molar-refractivity contribution is 7.43. The van der Waals surface area contributed by atoms with Crippen LogP contribution in [-0.4, -0.2) is 40.6 Å². The van der Waals surface area contributed by atoms with Crippen LogP contribution in [0.3, 0.4) is 0 Å². The first-order valence-electron chi connectivity index (χ1n) is 3.98. The van der Waals surface area contributed by atoms with Crippen LogP contribution in [0.15, 0.2) is 0 Å². The molecule has 0 amide bonds. The number of ether oxygens (including phenoxy) is 1. The first-order chi connectivity index (χ1) is 6.72. The third kappa shape index (κ3) is 3.05. The van der Waals surface area contributed by atoms with Crippen molar-refractivity contribution in [3.63, 3.8) is 0 Å². The third-order valence-corrected chi connectivity index (χ3v) is 2.33. The number of phosphoric acid groups is 1. The number of carbonyl (C=O) groups excluding carboxylic acids is 1. The summed E-state index contributed by atoms with van der Waals surface area (Å²) in [5, 5.41) is 18.2. The van der Waals surface area contributed by atoms with Gasteiger partial charge in [0, 0.05) is 0 Å². The van der Waals surface area contributed by atoms with Crippen molar-refractivity contribution in [1.29, 1.82) is 0 Å². The molecular weight excluding hydrogens is 231 g/mol. The zero-order valence-electron chi connectivity index (χ0n) is 7.60. The van der Waals surface area contributed by atoms with Crippen molar-refractivity contribution in [2.75, 3.05) is 0 Å². The molecule has 1 aliphatic heterocycles. The van der Waals surface area contributed by atoms with Crippen LogP contribution in [-0.2, 0) is 18.6 Å². The lowest BCUT2D eigenvalue weighted by atomic mass is 10.0. The van der Waals surface area contributed by atoms with Gasteiger partial charge in [-0.05, 0) is 6.92 Å². The molecule has 0 spiro atoms. The van der Waals surface area contributed by atoms with Crippen molar-refractivity contribution in [2.24, 2.45) is 0 Å². The molecule has 1 rings (SSSR count). The molecule has 0 radical (unpaired) electrons. The number of rotatable bonds is 2. The average Bonchev–Trinajstić information content (AvgIpc) is 2.08. The molecule has 0 aromatic rings. The van der Waals surface area contributed by atoms with E-state index in [2.05, 4.69) is 9.26 Å². The van der Waals surface area contributed by atoms with Crippen molar-refractivity contribution in [2.45, 2.75) is 31.5 Å². The molecular formula is C6H9O8P-2. The van der Waals surface area contributed by atoms with Crippen LogP contribution in [0.5, 0.6) is 0 Å². The molecule has 2 N–H and O–H groups in total. The van der Waals surface area contributed by atoms with E-state index in [9.17, 15) is 19.1 Å². The maximum atomic E-state index is 11.1. The molecule has 9 heteroatoms. The van der Waals surface area contributed by atoms with Gasteiger partial charge in [-0.15, -0.1) is 0 Å². The van der Waals surface area contributed by atoms with Crippen LogP contribution >= 0.6 is 7.82 Å². The molecule has 0 bridgehead atoms. The predicted octanol–water partition coefficient (Wildman–Crippen LogP) is -3.13. The van der Waals surface area contributed by atoms with E-state index in [1.165, 1.54) is 6.92 Å². The molecule has 4 atom stereocenters. The Labute approximate surface area is 84.7 Å². The first kappa shape index (κ1) is 12.7. The molecule has 0 aliphatic carbocycles. The second kappa shape index (κ2) is 4.26. The van der Waals surface area contributed by atoms with Gasteiger partial charge in [0.15, 0.2) is 18.2 Å². The predicted molar refractivity (Wildman–Crippen MR) is 40.0 cm³/mol. The van der Waals surface area contributed by atoms with E-state index < -0.39 is 38.2 Å². The summed E-state index contributed by atoms with van der Waals surface area (Å²) in [5.41, 5.74) is 0. The van der Waals surface area contributed by atoms with E-state index in [0.717, 1.165) is 0 Å². The van der Waals surface area contributed by atoms with Crippen LogP contribution in [0.25, 0.3) is 0 Å². The van der Waals surface area contributed by atoms with Crippen molar-refractivity contribution < 1.29 is 38.6 Å². The Morgan fingerprint density at radius 3 is 2.40 bits per heavy atom. The van der Waals surface area contributed by atoms with Gasteiger partial charge in [-0.2, -0.15) is 0 Å². The lowest BCUT2D eigenvalue weighted by Crippen LogP contribution is -2.54. The van der Waals surface area contributed by atoms with Gasteiger partial charge in [-0.25, -0.2) is 0 Å². The minimum absolute atomic E-state index is 1.05. The van der Waals surface area contributed by atoms with Gasteiger partial charge in [0.1, 0.15) is 6.10 Å². The summed E-state index contributed by atoms with van der Waals surface area (Å²) in [6.07, 6.45) is -6.51. The highest BCUT2D eigenvalue weighted by Crippen LogP contribution is 2.31. The molecule has 88 valence electrons. The molecule has 1 aliphatic rings. The largest absolute Gasteiger partial charge is 0.790 e. The van der Waals surface area contributed by atoms with E-state index in [1.807, 2.05) is 0 Å². The minimum Gasteiger partial charge on any atom is -0.790 e. The third-order valence-electron chi connectivity index (χ3n) is 1.87. The standard InChI is InChI=1S/C6H11O8P/c1-2-3(7)4(8)5(9)6(13-2)14-15(10,11)12/h2-3,5-7,9H,1H3,(H2,10,11,12)/p-2/t2-,3-,5-,6-/m1/s1. The number of aliphatic hydroxyl groups excluding tert-OH is 2. The topological polar surface area (TPSA) is 139 Å². The van der Waals surface area contributed by atoms with Crippen LogP contribution in [0, 0.1) is 0 Å². The lowest BCUT2D eigenvalue weighted by molar-refractivity contribution is -0.359. The lowest BCUT2D eigenvalue weighted by Gasteiger charge is -2.39. The van der Waals surface area contributed by atoms with Crippen LogP contribution in [0.2, 0.25) is 0 Å². The number of ketones is 1. The smallest absolute Gasteiger partial charge is 0.197 e. The van der Waals surface area contributed by atoms with Crippen LogP contribution in [0.4, 0.5) is 0 Å². The number of phosphoric ester groups is 1. The maximum Gasteiger partial charge on any atom is 0.197 e. The average molecular weight is 240 g/mol. The normalized spacial score (nSPS) is 38.1. The van der Waals surface area contributed by atoms with Gasteiger partial charge < -0.3 is 33.8 Å². The summed E-state index contributed by atoms with van der Waals surface area (Å²) in [6, 6.07) is 0. The Morgan fingerprint density at radius 2 is 1.93 bits per heavy atom. The minimum atomic E-state index is -5.36. The molecule has 1 fully saturated rings. The van der Waals surface area contributed by atoms with Crippen LogP contribution < -0.4 is 9.79 Å². The summed E-state index contributed by atoms with van der Waals surface area (Å²) in [4.78, 5) is 31.5. The van der Waals surface area contributed by atoms with Crippen molar-refractivity contribution in [3.05, 3.63) is 0 Å².